The lowest BCUT2D eigenvalue weighted by Gasteiger charge is -2.04. The number of carbonyl (C=O) groups excluding carboxylic acids is 1. The van der Waals surface area contributed by atoms with E-state index in [0.717, 1.165) is 5.56 Å². The van der Waals surface area contributed by atoms with Gasteiger partial charge in [-0.2, -0.15) is 0 Å². The summed E-state index contributed by atoms with van der Waals surface area (Å²) >= 11 is 18.2. The van der Waals surface area contributed by atoms with E-state index in [4.69, 9.17) is 34.8 Å². The fraction of sp³-hybridized carbons (Fsp3) is 0.0667. The molecule has 2 aromatic rings. The molecule has 3 nitrogen and oxygen atoms in total. The lowest BCUT2D eigenvalue weighted by atomic mass is 10.1. The van der Waals surface area contributed by atoms with Crippen LogP contribution in [0.25, 0.3) is 0 Å². The standard InChI is InChI=1S/C15H9Cl3N2O/c1-7-11(17)5-9(6-12(7)18)19-14-10-4-8(16)2-3-13(10)20-15(14)21/h2-6H,1H3,(H,19,20,21). The number of nitrogens with zero attached hydrogens (tertiary/aromatic N) is 1. The molecule has 0 spiro atoms. The molecular formula is C15H9Cl3N2O. The first-order valence-corrected chi connectivity index (χ1v) is 7.24. The van der Waals surface area contributed by atoms with Crippen molar-refractivity contribution in [3.8, 4) is 0 Å². The average Bonchev–Trinajstić information content (AvgIpc) is 2.72. The largest absolute Gasteiger partial charge is 0.320 e. The minimum Gasteiger partial charge on any atom is -0.320 e. The fourth-order valence-electron chi connectivity index (χ4n) is 2.06. The highest BCUT2D eigenvalue weighted by Gasteiger charge is 2.26. The smallest absolute Gasteiger partial charge is 0.275 e. The van der Waals surface area contributed by atoms with Crippen molar-refractivity contribution < 1.29 is 4.79 Å². The van der Waals surface area contributed by atoms with Crippen molar-refractivity contribution in [3.05, 3.63) is 56.5 Å². The van der Waals surface area contributed by atoms with Crippen LogP contribution in [-0.4, -0.2) is 11.6 Å². The summed E-state index contributed by atoms with van der Waals surface area (Å²) in [4.78, 5) is 16.4. The van der Waals surface area contributed by atoms with Gasteiger partial charge in [0, 0.05) is 20.6 Å². The number of carbonyl (C=O) groups is 1. The van der Waals surface area contributed by atoms with Gasteiger partial charge in [0.1, 0.15) is 5.71 Å². The Morgan fingerprint density at radius 2 is 1.71 bits per heavy atom. The zero-order chi connectivity index (χ0) is 15.1. The summed E-state index contributed by atoms with van der Waals surface area (Å²) in [5.74, 6) is -0.278. The van der Waals surface area contributed by atoms with Crippen molar-refractivity contribution in [3.63, 3.8) is 0 Å². The molecule has 1 amide bonds. The number of hydrogen-bond acceptors (Lipinski definition) is 2. The first-order valence-electron chi connectivity index (χ1n) is 6.11. The summed E-state index contributed by atoms with van der Waals surface area (Å²) in [5, 5.41) is 4.29. The molecular weight excluding hydrogens is 331 g/mol. The maximum atomic E-state index is 12.0. The molecule has 0 aromatic heterocycles. The van der Waals surface area contributed by atoms with Crippen LogP contribution in [0.15, 0.2) is 35.3 Å². The average molecular weight is 340 g/mol. The monoisotopic (exact) mass is 338 g/mol. The Morgan fingerprint density at radius 3 is 2.38 bits per heavy atom. The topological polar surface area (TPSA) is 41.5 Å². The normalized spacial score (nSPS) is 15.2. The number of amides is 1. The van der Waals surface area contributed by atoms with E-state index >= 15 is 0 Å². The Labute approximate surface area is 136 Å². The molecule has 2 aromatic carbocycles. The summed E-state index contributed by atoms with van der Waals surface area (Å²) in [5.41, 5.74) is 2.95. The molecule has 21 heavy (non-hydrogen) atoms. The summed E-state index contributed by atoms with van der Waals surface area (Å²) < 4.78 is 0. The van der Waals surface area contributed by atoms with Crippen LogP contribution in [0, 0.1) is 6.92 Å². The minimum atomic E-state index is -0.278. The van der Waals surface area contributed by atoms with Crippen LogP contribution in [0.4, 0.5) is 11.4 Å². The number of halogens is 3. The summed E-state index contributed by atoms with van der Waals surface area (Å²) in [6.07, 6.45) is 0. The van der Waals surface area contributed by atoms with Gasteiger partial charge in [0.05, 0.1) is 11.4 Å². The van der Waals surface area contributed by atoms with E-state index in [2.05, 4.69) is 10.3 Å². The van der Waals surface area contributed by atoms with E-state index in [1.165, 1.54) is 0 Å². The Hall–Kier alpha value is -1.55. The van der Waals surface area contributed by atoms with Crippen LogP contribution in [-0.2, 0) is 4.79 Å². The molecule has 0 fully saturated rings. The maximum absolute atomic E-state index is 12.0. The number of hydrogen-bond donors (Lipinski definition) is 1. The third-order valence-corrected chi connectivity index (χ3v) is 4.23. The van der Waals surface area contributed by atoms with Gasteiger partial charge in [-0.15, -0.1) is 0 Å². The molecule has 1 N–H and O–H groups in total. The molecule has 0 saturated heterocycles. The summed E-state index contributed by atoms with van der Waals surface area (Å²) in [7, 11) is 0. The van der Waals surface area contributed by atoms with E-state index in [9.17, 15) is 4.79 Å². The van der Waals surface area contributed by atoms with Gasteiger partial charge in [0.2, 0.25) is 0 Å². The van der Waals surface area contributed by atoms with Gasteiger partial charge in [-0.25, -0.2) is 4.99 Å². The van der Waals surface area contributed by atoms with Crippen LogP contribution in [0.5, 0.6) is 0 Å². The fourth-order valence-corrected chi connectivity index (χ4v) is 2.71. The number of rotatable bonds is 1. The van der Waals surface area contributed by atoms with Crippen LogP contribution < -0.4 is 5.32 Å². The lowest BCUT2D eigenvalue weighted by Crippen LogP contribution is -2.13. The minimum absolute atomic E-state index is 0.278. The van der Waals surface area contributed by atoms with Gasteiger partial charge >= 0.3 is 0 Å². The SMILES string of the molecule is Cc1c(Cl)cc(N=C2C(=O)Nc3ccc(Cl)cc32)cc1Cl. The van der Waals surface area contributed by atoms with Crippen molar-refractivity contribution in [1.29, 1.82) is 0 Å². The molecule has 0 unspecified atom stereocenters. The zero-order valence-corrected chi connectivity index (χ0v) is 13.1. The Balaban J connectivity index is 2.13. The number of anilines is 1. The number of benzene rings is 2. The third-order valence-electron chi connectivity index (χ3n) is 3.21. The molecule has 1 heterocycles. The summed E-state index contributed by atoms with van der Waals surface area (Å²) in [6.45, 7) is 1.82. The van der Waals surface area contributed by atoms with E-state index in [0.29, 0.717) is 37.7 Å². The number of nitrogens with one attached hydrogen (secondary N) is 1. The first kappa shape index (κ1) is 14.4. The first-order chi connectivity index (χ1) is 9.95. The Morgan fingerprint density at radius 1 is 1.05 bits per heavy atom. The molecule has 106 valence electrons. The second-order valence-corrected chi connectivity index (χ2v) is 5.89. The van der Waals surface area contributed by atoms with Gasteiger partial charge in [0.15, 0.2) is 0 Å². The Kier molecular flexibility index (Phi) is 3.66. The summed E-state index contributed by atoms with van der Waals surface area (Å²) in [6, 6.07) is 8.50. The van der Waals surface area contributed by atoms with Crippen molar-refractivity contribution in [2.45, 2.75) is 6.92 Å². The van der Waals surface area contributed by atoms with E-state index < -0.39 is 0 Å². The van der Waals surface area contributed by atoms with E-state index in [1.54, 1.807) is 30.3 Å². The zero-order valence-electron chi connectivity index (χ0n) is 10.9. The lowest BCUT2D eigenvalue weighted by molar-refractivity contribution is -0.110. The molecule has 0 atom stereocenters. The molecule has 1 aliphatic rings. The van der Waals surface area contributed by atoms with Crippen LogP contribution in [0.2, 0.25) is 15.1 Å². The van der Waals surface area contributed by atoms with Gasteiger partial charge in [-0.1, -0.05) is 34.8 Å². The predicted octanol–water partition coefficient (Wildman–Crippen LogP) is 5.03. The molecule has 0 saturated carbocycles. The van der Waals surface area contributed by atoms with E-state index in [-0.39, 0.29) is 5.91 Å². The van der Waals surface area contributed by atoms with Gasteiger partial charge in [0.25, 0.3) is 5.91 Å². The predicted molar refractivity (Wildman–Crippen MR) is 87.5 cm³/mol. The van der Waals surface area contributed by atoms with E-state index in [1.807, 2.05) is 6.92 Å². The quantitative estimate of drug-likeness (QED) is 0.778. The highest BCUT2D eigenvalue weighted by Crippen LogP contribution is 2.32. The molecule has 0 aliphatic carbocycles. The number of aliphatic imine (C=N–C) groups is 1. The van der Waals surface area contributed by atoms with Crippen molar-refractivity contribution in [2.75, 3.05) is 5.32 Å². The second-order valence-electron chi connectivity index (χ2n) is 4.64. The molecule has 1 aliphatic heterocycles. The molecule has 0 radical (unpaired) electrons. The molecule has 0 bridgehead atoms. The van der Waals surface area contributed by atoms with Crippen molar-refractivity contribution in [1.82, 2.24) is 0 Å². The van der Waals surface area contributed by atoms with Crippen LogP contribution in [0.1, 0.15) is 11.1 Å². The Bertz CT molecular complexity index is 776. The van der Waals surface area contributed by atoms with Gasteiger partial charge < -0.3 is 5.32 Å². The number of fused-ring (bicyclic) bond motifs is 1. The second kappa shape index (κ2) is 5.34. The van der Waals surface area contributed by atoms with Crippen LogP contribution >= 0.6 is 34.8 Å². The maximum Gasteiger partial charge on any atom is 0.275 e. The highest BCUT2D eigenvalue weighted by molar-refractivity contribution is 6.54. The molecule has 3 rings (SSSR count). The van der Waals surface area contributed by atoms with Gasteiger partial charge in [-0.05, 0) is 42.8 Å². The van der Waals surface area contributed by atoms with Crippen molar-refractivity contribution >= 4 is 57.8 Å². The molecule has 6 heteroatoms. The van der Waals surface area contributed by atoms with Gasteiger partial charge in [-0.3, -0.25) is 4.79 Å². The third kappa shape index (κ3) is 2.64. The van der Waals surface area contributed by atoms with Crippen molar-refractivity contribution in [2.24, 2.45) is 4.99 Å². The highest BCUT2D eigenvalue weighted by atomic mass is 35.5. The van der Waals surface area contributed by atoms with Crippen LogP contribution in [0.3, 0.4) is 0 Å².